The molecule has 0 aromatic carbocycles. The zero-order chi connectivity index (χ0) is 15.2. The van der Waals surface area contributed by atoms with Crippen molar-refractivity contribution in [1.29, 1.82) is 0 Å². The lowest BCUT2D eigenvalue weighted by molar-refractivity contribution is -0.119. The molecule has 1 aliphatic rings. The van der Waals surface area contributed by atoms with Crippen molar-refractivity contribution in [2.45, 2.75) is 43.7 Å². The van der Waals surface area contributed by atoms with E-state index in [9.17, 15) is 9.59 Å². The Morgan fingerprint density at radius 2 is 2.19 bits per heavy atom. The molecule has 21 heavy (non-hydrogen) atoms. The summed E-state index contributed by atoms with van der Waals surface area (Å²) in [6.07, 6.45) is 6.11. The average molecular weight is 308 g/mol. The van der Waals surface area contributed by atoms with Crippen LogP contribution in [0, 0.1) is 5.92 Å². The second-order valence-electron chi connectivity index (χ2n) is 5.39. The molecular weight excluding hydrogens is 288 g/mol. The molecule has 114 valence electrons. The number of carboxylic acid groups (broad SMARTS) is 1. The largest absolute Gasteiger partial charge is 0.478 e. The number of pyridine rings is 1. The number of aromatic nitrogens is 1. The molecule has 1 aromatic heterocycles. The molecule has 1 heterocycles. The average Bonchev–Trinajstić information content (AvgIpc) is 2.48. The highest BCUT2D eigenvalue weighted by atomic mass is 32.2. The summed E-state index contributed by atoms with van der Waals surface area (Å²) in [5.74, 6) is -0.370. The fraction of sp³-hybridized carbons (Fsp3) is 0.533. The predicted octanol–water partition coefficient (Wildman–Crippen LogP) is 2.57. The van der Waals surface area contributed by atoms with Gasteiger partial charge in [-0.1, -0.05) is 31.5 Å². The first-order chi connectivity index (χ1) is 10.1. The highest BCUT2D eigenvalue weighted by Crippen LogP contribution is 2.24. The summed E-state index contributed by atoms with van der Waals surface area (Å²) in [5, 5.41) is 12.5. The van der Waals surface area contributed by atoms with Crippen molar-refractivity contribution in [3.63, 3.8) is 0 Å². The van der Waals surface area contributed by atoms with E-state index in [2.05, 4.69) is 17.2 Å². The van der Waals surface area contributed by atoms with Crippen molar-refractivity contribution in [3.8, 4) is 0 Å². The Labute approximate surface area is 128 Å². The van der Waals surface area contributed by atoms with E-state index in [1.165, 1.54) is 30.4 Å². The number of amides is 1. The minimum Gasteiger partial charge on any atom is -0.478 e. The quantitative estimate of drug-likeness (QED) is 0.817. The molecule has 0 saturated heterocycles. The minimum absolute atomic E-state index is 0.0549. The van der Waals surface area contributed by atoms with Gasteiger partial charge >= 0.3 is 5.97 Å². The maximum absolute atomic E-state index is 12.0. The summed E-state index contributed by atoms with van der Waals surface area (Å²) < 4.78 is 0. The lowest BCUT2D eigenvalue weighted by atomic mass is 9.86. The molecular formula is C15H20N2O3S. The number of rotatable bonds is 5. The van der Waals surface area contributed by atoms with Gasteiger partial charge in [-0.3, -0.25) is 4.79 Å². The van der Waals surface area contributed by atoms with Gasteiger partial charge in [-0.25, -0.2) is 9.78 Å². The van der Waals surface area contributed by atoms with Gasteiger partial charge in [-0.2, -0.15) is 0 Å². The Balaban J connectivity index is 1.88. The molecule has 1 fully saturated rings. The fourth-order valence-electron chi connectivity index (χ4n) is 2.58. The Morgan fingerprint density at radius 1 is 1.43 bits per heavy atom. The third kappa shape index (κ3) is 4.46. The molecule has 0 aliphatic heterocycles. The van der Waals surface area contributed by atoms with Gasteiger partial charge < -0.3 is 10.4 Å². The van der Waals surface area contributed by atoms with Crippen molar-refractivity contribution in [3.05, 3.63) is 23.9 Å². The molecule has 0 radical (unpaired) electrons. The van der Waals surface area contributed by atoms with Crippen molar-refractivity contribution in [2.75, 3.05) is 5.75 Å². The first-order valence-corrected chi connectivity index (χ1v) is 8.17. The summed E-state index contributed by atoms with van der Waals surface area (Å²) in [6, 6.07) is 3.32. The second kappa shape index (κ2) is 7.45. The molecule has 1 aromatic rings. The van der Waals surface area contributed by atoms with Crippen molar-refractivity contribution >= 4 is 23.6 Å². The summed E-state index contributed by atoms with van der Waals surface area (Å²) >= 11 is 1.17. The van der Waals surface area contributed by atoms with Crippen LogP contribution in [0.25, 0.3) is 0 Å². The number of hydrogen-bond acceptors (Lipinski definition) is 4. The molecule has 1 aliphatic carbocycles. The number of carbonyl (C=O) groups is 2. The molecule has 2 atom stereocenters. The van der Waals surface area contributed by atoms with Crippen LogP contribution in [0.2, 0.25) is 0 Å². The van der Waals surface area contributed by atoms with Crippen LogP contribution in [0.4, 0.5) is 0 Å². The van der Waals surface area contributed by atoms with Crippen molar-refractivity contribution in [2.24, 2.45) is 5.92 Å². The highest BCUT2D eigenvalue weighted by Gasteiger charge is 2.23. The van der Waals surface area contributed by atoms with E-state index in [1.54, 1.807) is 6.07 Å². The zero-order valence-corrected chi connectivity index (χ0v) is 12.9. The third-order valence-electron chi connectivity index (χ3n) is 3.80. The van der Waals surface area contributed by atoms with Gasteiger partial charge in [0, 0.05) is 12.2 Å². The first kappa shape index (κ1) is 15.8. The number of hydrogen-bond donors (Lipinski definition) is 2. The number of nitrogens with one attached hydrogen (secondary N) is 1. The minimum atomic E-state index is -1.02. The molecule has 6 heteroatoms. The van der Waals surface area contributed by atoms with Crippen LogP contribution in [0.5, 0.6) is 0 Å². The first-order valence-electron chi connectivity index (χ1n) is 7.18. The molecule has 2 rings (SSSR count). The SMILES string of the molecule is CC1CCCCC1NC(=O)CSc1ncccc1C(=O)O. The number of nitrogens with zero attached hydrogens (tertiary/aromatic N) is 1. The van der Waals surface area contributed by atoms with E-state index >= 15 is 0 Å². The maximum Gasteiger partial charge on any atom is 0.338 e. The van der Waals surface area contributed by atoms with E-state index in [4.69, 9.17) is 5.11 Å². The van der Waals surface area contributed by atoms with Crippen LogP contribution in [0.1, 0.15) is 43.0 Å². The van der Waals surface area contributed by atoms with Gasteiger partial charge in [0.1, 0.15) is 5.03 Å². The van der Waals surface area contributed by atoms with E-state index in [0.717, 1.165) is 19.3 Å². The standard InChI is InChI=1S/C15H20N2O3S/c1-10-5-2-3-7-12(10)17-13(18)9-21-14-11(15(19)20)6-4-8-16-14/h4,6,8,10,12H,2-3,5,7,9H2,1H3,(H,17,18)(H,19,20). The van der Waals surface area contributed by atoms with Crippen LogP contribution < -0.4 is 5.32 Å². The van der Waals surface area contributed by atoms with Gasteiger partial charge in [-0.05, 0) is 30.9 Å². The molecule has 1 saturated carbocycles. The lowest BCUT2D eigenvalue weighted by Gasteiger charge is -2.29. The summed E-state index contributed by atoms with van der Waals surface area (Å²) in [7, 11) is 0. The molecule has 2 N–H and O–H groups in total. The summed E-state index contributed by atoms with van der Waals surface area (Å²) in [6.45, 7) is 2.17. The normalized spacial score (nSPS) is 21.8. The maximum atomic E-state index is 12.0. The Morgan fingerprint density at radius 3 is 2.90 bits per heavy atom. The highest BCUT2D eigenvalue weighted by molar-refractivity contribution is 8.00. The Kier molecular flexibility index (Phi) is 5.61. The van der Waals surface area contributed by atoms with Crippen LogP contribution in [0.15, 0.2) is 23.4 Å². The van der Waals surface area contributed by atoms with Crippen LogP contribution in [0.3, 0.4) is 0 Å². The number of thioether (sulfide) groups is 1. The van der Waals surface area contributed by atoms with Crippen molar-refractivity contribution in [1.82, 2.24) is 10.3 Å². The lowest BCUT2D eigenvalue weighted by Crippen LogP contribution is -2.41. The van der Waals surface area contributed by atoms with Crippen LogP contribution in [-0.2, 0) is 4.79 Å². The Bertz CT molecular complexity index is 521. The molecule has 0 bridgehead atoms. The van der Waals surface area contributed by atoms with E-state index in [-0.39, 0.29) is 23.3 Å². The monoisotopic (exact) mass is 308 g/mol. The second-order valence-corrected chi connectivity index (χ2v) is 6.35. The van der Waals surface area contributed by atoms with Gasteiger partial charge in [-0.15, -0.1) is 0 Å². The van der Waals surface area contributed by atoms with Crippen LogP contribution >= 0.6 is 11.8 Å². The smallest absolute Gasteiger partial charge is 0.338 e. The molecule has 1 amide bonds. The van der Waals surface area contributed by atoms with E-state index < -0.39 is 5.97 Å². The zero-order valence-electron chi connectivity index (χ0n) is 12.0. The summed E-state index contributed by atoms with van der Waals surface area (Å²) in [4.78, 5) is 27.1. The Hall–Kier alpha value is -1.56. The van der Waals surface area contributed by atoms with Gasteiger partial charge in [0.15, 0.2) is 0 Å². The fourth-order valence-corrected chi connectivity index (χ4v) is 3.38. The summed E-state index contributed by atoms with van der Waals surface area (Å²) in [5.41, 5.74) is 0.140. The number of carboxylic acids is 1. The topological polar surface area (TPSA) is 79.3 Å². The third-order valence-corrected chi connectivity index (χ3v) is 4.80. The number of aromatic carboxylic acids is 1. The van der Waals surface area contributed by atoms with Crippen molar-refractivity contribution < 1.29 is 14.7 Å². The molecule has 5 nitrogen and oxygen atoms in total. The molecule has 2 unspecified atom stereocenters. The van der Waals surface area contributed by atoms with Crippen LogP contribution in [-0.4, -0.2) is 33.8 Å². The van der Waals surface area contributed by atoms with E-state index in [0.29, 0.717) is 10.9 Å². The molecule has 0 spiro atoms. The van der Waals surface area contributed by atoms with E-state index in [1.807, 2.05) is 0 Å². The van der Waals surface area contributed by atoms with Gasteiger partial charge in [0.05, 0.1) is 11.3 Å². The number of carbonyl (C=O) groups excluding carboxylic acids is 1. The predicted molar refractivity (Wildman–Crippen MR) is 81.5 cm³/mol. The van der Waals surface area contributed by atoms with Gasteiger partial charge in [0.2, 0.25) is 5.91 Å². The van der Waals surface area contributed by atoms with Gasteiger partial charge in [0.25, 0.3) is 0 Å².